The van der Waals surface area contributed by atoms with Crippen LogP contribution in [0.5, 0.6) is 11.6 Å². The molecule has 6 fully saturated rings. The maximum Gasteiger partial charge on any atom is 0.244 e. The third-order valence-electron chi connectivity index (χ3n) is 26.9. The number of rotatable bonds is 22. The van der Waals surface area contributed by atoms with Crippen LogP contribution >= 0.6 is 0 Å². The Bertz CT molecular complexity index is 6510. The molecule has 14 heterocycles. The van der Waals surface area contributed by atoms with Gasteiger partial charge in [0.15, 0.2) is 34.9 Å². The summed E-state index contributed by atoms with van der Waals surface area (Å²) in [5.74, 6) is 8.03. The molecule has 4 unspecified atom stereocenters. The van der Waals surface area contributed by atoms with Gasteiger partial charge in [-0.15, -0.1) is 10.2 Å². The lowest BCUT2D eigenvalue weighted by atomic mass is 9.80. The molecule has 0 radical (unpaired) electrons. The zero-order chi connectivity index (χ0) is 99.7. The van der Waals surface area contributed by atoms with Crippen LogP contribution in [0.4, 0.5) is 49.6 Å². The van der Waals surface area contributed by atoms with Gasteiger partial charge in [-0.05, 0) is 202 Å². The normalized spacial score (nSPS) is 17.1. The van der Waals surface area contributed by atoms with E-state index in [-0.39, 0.29) is 96.6 Å². The lowest BCUT2D eigenvalue weighted by Gasteiger charge is -2.35. The first-order valence-electron chi connectivity index (χ1n) is 48.3. The van der Waals surface area contributed by atoms with Crippen molar-refractivity contribution in [3.63, 3.8) is 0 Å². The first-order chi connectivity index (χ1) is 69.4. The Balaban J connectivity index is 0.000000131. The molecule has 2 aliphatic carbocycles. The van der Waals surface area contributed by atoms with Crippen molar-refractivity contribution in [1.82, 2.24) is 114 Å². The van der Waals surface area contributed by atoms with Crippen molar-refractivity contribution >= 4 is 46.9 Å². The van der Waals surface area contributed by atoms with E-state index in [1.54, 1.807) is 114 Å². The number of benzene rings is 4. The second-order valence-electron chi connectivity index (χ2n) is 36.5. The predicted octanol–water partition coefficient (Wildman–Crippen LogP) is 14.6. The minimum absolute atomic E-state index is 0.0244. The van der Waals surface area contributed by atoms with Gasteiger partial charge in [0.05, 0.1) is 26.6 Å². The summed E-state index contributed by atoms with van der Waals surface area (Å²) in [4.78, 5) is 118. The van der Waals surface area contributed by atoms with Crippen LogP contribution < -0.4 is 29.1 Å². The molecule has 4 saturated heterocycles. The van der Waals surface area contributed by atoms with Gasteiger partial charge in [0, 0.05) is 170 Å². The number of aromatic nitrogens is 19. The molecule has 2 saturated carbocycles. The van der Waals surface area contributed by atoms with E-state index in [2.05, 4.69) is 88.5 Å². The van der Waals surface area contributed by atoms with Crippen LogP contribution in [0.1, 0.15) is 105 Å². The molecule has 14 aromatic rings. The van der Waals surface area contributed by atoms with Gasteiger partial charge in [-0.1, -0.05) is 58.4 Å². The van der Waals surface area contributed by atoms with Gasteiger partial charge in [-0.2, -0.15) is 10.2 Å². The number of ether oxygens (including phenoxy) is 2. The fourth-order valence-electron chi connectivity index (χ4n) is 18.7. The van der Waals surface area contributed by atoms with Crippen molar-refractivity contribution in [3.05, 3.63) is 258 Å². The summed E-state index contributed by atoms with van der Waals surface area (Å²) in [5, 5.41) is 18.5. The third-order valence-corrected chi connectivity index (χ3v) is 26.9. The zero-order valence-electron chi connectivity index (χ0n) is 80.9. The Morgan fingerprint density at radius 3 is 1.12 bits per heavy atom. The molecular formula is C104H113F6N27O6. The molecule has 39 heteroatoms. The van der Waals surface area contributed by atoms with Gasteiger partial charge in [0.25, 0.3) is 0 Å². The highest BCUT2D eigenvalue weighted by Crippen LogP contribution is 2.41. The molecule has 0 bridgehead atoms. The fourth-order valence-corrected chi connectivity index (χ4v) is 18.7. The molecule has 20 rings (SSSR count). The van der Waals surface area contributed by atoms with Crippen molar-refractivity contribution in [3.8, 4) is 80.2 Å². The number of carbonyl (C=O) groups is 4. The molecule has 6 aliphatic rings. The number of piperazine rings is 4. The second-order valence-corrected chi connectivity index (χ2v) is 36.5. The summed E-state index contributed by atoms with van der Waals surface area (Å²) in [6.45, 7) is 20.4. The summed E-state index contributed by atoms with van der Waals surface area (Å²) in [7, 11) is 3.22. The Morgan fingerprint density at radius 1 is 0.343 bits per heavy atom. The van der Waals surface area contributed by atoms with Crippen LogP contribution in [0.15, 0.2) is 195 Å². The maximum atomic E-state index is 13.9. The first-order valence-corrected chi connectivity index (χ1v) is 48.3. The molecule has 33 nitrogen and oxygen atoms in total. The largest absolute Gasteiger partial charge is 0.497 e. The summed E-state index contributed by atoms with van der Waals surface area (Å²) in [6, 6.07) is 42.3. The lowest BCUT2D eigenvalue weighted by molar-refractivity contribution is -0.133. The number of hydrogen-bond acceptors (Lipinski definition) is 25. The number of pyridine rings is 5. The molecule has 10 aromatic heterocycles. The molecule has 4 atom stereocenters. The van der Waals surface area contributed by atoms with Gasteiger partial charge < -0.3 is 48.7 Å². The van der Waals surface area contributed by atoms with Crippen molar-refractivity contribution in [1.29, 1.82) is 0 Å². The average molecular weight is 1950 g/mol. The second kappa shape index (κ2) is 45.9. The van der Waals surface area contributed by atoms with Gasteiger partial charge in [0.1, 0.15) is 119 Å². The quantitative estimate of drug-likeness (QED) is 0.0569. The highest BCUT2D eigenvalue weighted by Gasteiger charge is 2.36. The number of nitrogens with zero attached hydrogens (tertiary/aromatic N) is 27. The van der Waals surface area contributed by atoms with Gasteiger partial charge >= 0.3 is 0 Å². The van der Waals surface area contributed by atoms with Crippen LogP contribution in [0.3, 0.4) is 0 Å². The SMILES string of the molecule is COc1cc(N2CCN(C(=O)Cn3nc(-c4ccc(F)c(C)c4)nc3C3CCCCC3C)CC2)ncn1.COc1ccnc(N2CCN(C(=O)Cn3nc(-c4ccc(F)c(C)c4)nc3C3CCCCC3C)CC2)c1.Cc1ccnc(N2CCN(C(=O)Cn3nc(-c4ccc(F)cn4)nc3-c3ccc(F)cc3)CC2)c1.O=C(Cn1nc(-c2ccc(F)cn2)nc1-c1ccc(F)cc1)N1CCN(c2ccccn2)CC1. The highest BCUT2D eigenvalue weighted by molar-refractivity contribution is 5.79. The number of carbonyl (C=O) groups excluding carboxylic acids is 4. The maximum absolute atomic E-state index is 13.9. The molecule has 742 valence electrons. The molecule has 4 aliphatic heterocycles. The van der Waals surface area contributed by atoms with Gasteiger partial charge in [-0.3, -0.25) is 19.2 Å². The number of hydrogen-bond donors (Lipinski definition) is 0. The van der Waals surface area contributed by atoms with E-state index >= 15 is 0 Å². The summed E-state index contributed by atoms with van der Waals surface area (Å²) in [6.07, 6.45) is 18.1. The van der Waals surface area contributed by atoms with Crippen molar-refractivity contribution < 1.29 is 55.0 Å². The Labute approximate surface area is 824 Å². The van der Waals surface area contributed by atoms with E-state index in [4.69, 9.17) is 29.6 Å². The number of amides is 4. The zero-order valence-corrected chi connectivity index (χ0v) is 80.9. The fraction of sp³-hybridized carbons (Fsp3) is 0.375. The van der Waals surface area contributed by atoms with E-state index in [1.165, 1.54) is 89.2 Å². The molecular weight excluding hydrogens is 1840 g/mol. The summed E-state index contributed by atoms with van der Waals surface area (Å²) >= 11 is 0. The van der Waals surface area contributed by atoms with Gasteiger partial charge in [0.2, 0.25) is 29.5 Å². The molecule has 0 N–H and O–H groups in total. The number of methoxy groups -OCH3 is 2. The van der Waals surface area contributed by atoms with Crippen molar-refractivity contribution in [2.45, 2.75) is 124 Å². The predicted molar refractivity (Wildman–Crippen MR) is 526 cm³/mol. The minimum atomic E-state index is -0.470. The van der Waals surface area contributed by atoms with Crippen LogP contribution in [0, 0.1) is 67.5 Å². The topological polar surface area (TPSA) is 326 Å². The average Bonchev–Trinajstić information content (AvgIpc) is 1.66. The molecule has 0 spiro atoms. The molecule has 4 amide bonds. The van der Waals surface area contributed by atoms with Crippen molar-refractivity contribution in [2.24, 2.45) is 11.8 Å². The van der Waals surface area contributed by atoms with Crippen LogP contribution in [0.2, 0.25) is 0 Å². The van der Waals surface area contributed by atoms with E-state index in [1.807, 2.05) is 65.3 Å². The summed E-state index contributed by atoms with van der Waals surface area (Å²) in [5.41, 5.74) is 5.75. The van der Waals surface area contributed by atoms with E-state index in [0.717, 1.165) is 108 Å². The monoisotopic (exact) mass is 1950 g/mol. The Morgan fingerprint density at radius 2 is 0.727 bits per heavy atom. The minimum Gasteiger partial charge on any atom is -0.497 e. The smallest absolute Gasteiger partial charge is 0.244 e. The van der Waals surface area contributed by atoms with E-state index in [9.17, 15) is 45.5 Å². The van der Waals surface area contributed by atoms with Crippen molar-refractivity contribution in [2.75, 3.05) is 139 Å². The number of anilines is 4. The van der Waals surface area contributed by atoms with E-state index in [0.29, 0.717) is 179 Å². The van der Waals surface area contributed by atoms with E-state index < -0.39 is 11.6 Å². The van der Waals surface area contributed by atoms with Gasteiger partial charge in [-0.25, -0.2) is 99.9 Å². The molecule has 4 aromatic carbocycles. The van der Waals surface area contributed by atoms with Crippen LogP contribution in [-0.2, 0) is 45.4 Å². The molecule has 143 heavy (non-hydrogen) atoms. The lowest BCUT2D eigenvalue weighted by Crippen LogP contribution is -2.50. The summed E-state index contributed by atoms with van der Waals surface area (Å²) < 4.78 is 98.4. The first kappa shape index (κ1) is 99.1. The highest BCUT2D eigenvalue weighted by atomic mass is 19.1. The van der Waals surface area contributed by atoms with Crippen LogP contribution in [0.25, 0.3) is 68.6 Å². The Hall–Kier alpha value is -15.5. The van der Waals surface area contributed by atoms with Crippen LogP contribution in [-0.4, -0.2) is 256 Å². The third kappa shape index (κ3) is 24.6. The standard InChI is InChI=1S/C28H35FN6O2.C27H34FN7O2.C25H23F2N7O.C24H21F2N7O/c1-19-6-4-5-7-23(19)28-31-27(21-8-9-24(29)20(2)16-21)32-35(28)18-26(36)34-14-12-33(13-15-34)25-17-22(37-3)10-11-30-25;1-18-6-4-5-7-21(18)27-31-26(20-8-9-22(28)19(2)14-20)32-35(27)16-25(36)34-12-10-33(11-13-34)23-15-24(37-3)30-17-29-23;1-17-8-9-28-22(14-17)32-10-12-33(13-11-32)23(35)16-34-25(18-2-4-19(26)5-3-18)30-24(31-34)21-7-6-20(27)15-29-21;25-18-6-4-17(5-7-18)24-29-23(20-9-8-19(26)15-28-20)30-33(24)16-22(34)32-13-11-31(12-14-32)21-3-1-2-10-27-21/h8-11,16-17,19,23H,4-7,12-15,18H2,1-3H3;8-9,14-15,17-18,21H,4-7,10-13,16H2,1-3H3;2-9,14-15H,10-13,16H2,1H3;1-10,15H,11-14,16H2. The Kier molecular flexibility index (Phi) is 31.8. The number of aryl methyl sites for hydroxylation is 3. The number of halogens is 6.